The molecule has 14 heavy (non-hydrogen) atoms. The zero-order valence-electron chi connectivity index (χ0n) is 8.19. The molecule has 1 N–H and O–H groups in total. The van der Waals surface area contributed by atoms with Gasteiger partial charge in [-0.1, -0.05) is 0 Å². The Morgan fingerprint density at radius 2 is 2.43 bits per heavy atom. The van der Waals surface area contributed by atoms with Crippen molar-refractivity contribution in [2.45, 2.75) is 6.92 Å². The van der Waals surface area contributed by atoms with Gasteiger partial charge in [-0.05, 0) is 6.92 Å². The molecule has 0 bridgehead atoms. The van der Waals surface area contributed by atoms with Crippen molar-refractivity contribution in [1.82, 2.24) is 9.97 Å². The number of anilines is 1. The van der Waals surface area contributed by atoms with Gasteiger partial charge in [0, 0.05) is 6.54 Å². The van der Waals surface area contributed by atoms with Crippen LogP contribution in [0.1, 0.15) is 6.92 Å². The van der Waals surface area contributed by atoms with Crippen LogP contribution in [0.5, 0.6) is 5.88 Å². The molecule has 1 aromatic rings. The highest BCUT2D eigenvalue weighted by molar-refractivity contribution is 5.33. The lowest BCUT2D eigenvalue weighted by atomic mass is 10.2. The van der Waals surface area contributed by atoms with E-state index in [2.05, 4.69) is 21.4 Å². The van der Waals surface area contributed by atoms with E-state index < -0.39 is 0 Å². The van der Waals surface area contributed by atoms with E-state index in [1.807, 2.05) is 6.92 Å². The number of rotatable bonds is 4. The number of nitriles is 1. The molecule has 0 fully saturated rings. The summed E-state index contributed by atoms with van der Waals surface area (Å²) in [5.74, 6) is 1.02. The molecule has 1 rings (SSSR count). The third-order valence-electron chi connectivity index (χ3n) is 1.63. The lowest BCUT2D eigenvalue weighted by Crippen LogP contribution is -2.10. The molecule has 0 spiro atoms. The van der Waals surface area contributed by atoms with E-state index in [1.165, 1.54) is 13.3 Å². The molecule has 0 aromatic carbocycles. The monoisotopic (exact) mass is 192 g/mol. The first-order chi connectivity index (χ1) is 6.76. The zero-order valence-corrected chi connectivity index (χ0v) is 8.19. The average Bonchev–Trinajstić information content (AvgIpc) is 2.26. The second kappa shape index (κ2) is 5.02. The first-order valence-electron chi connectivity index (χ1n) is 4.25. The summed E-state index contributed by atoms with van der Waals surface area (Å²) in [6, 6.07) is 2.12. The molecular weight excluding hydrogens is 180 g/mol. The smallest absolute Gasteiger partial charge is 0.233 e. The molecule has 5 heteroatoms. The van der Waals surface area contributed by atoms with E-state index in [0.717, 1.165) is 0 Å². The number of ether oxygens (including phenoxy) is 1. The molecule has 1 aromatic heterocycles. The van der Waals surface area contributed by atoms with Crippen molar-refractivity contribution in [3.8, 4) is 11.9 Å². The van der Waals surface area contributed by atoms with Crippen LogP contribution < -0.4 is 10.1 Å². The maximum absolute atomic E-state index is 8.56. The van der Waals surface area contributed by atoms with E-state index in [1.54, 1.807) is 6.20 Å². The van der Waals surface area contributed by atoms with E-state index in [0.29, 0.717) is 18.2 Å². The predicted octanol–water partition coefficient (Wildman–Crippen LogP) is 1.06. The predicted molar refractivity (Wildman–Crippen MR) is 51.9 cm³/mol. The fraction of sp³-hybridized carbons (Fsp3) is 0.444. The molecular formula is C9H12N4O. The van der Waals surface area contributed by atoms with Gasteiger partial charge >= 0.3 is 0 Å². The van der Waals surface area contributed by atoms with Crippen LogP contribution in [0.2, 0.25) is 0 Å². The number of nitrogens with one attached hydrogen (secondary N) is 1. The highest BCUT2D eigenvalue weighted by Gasteiger charge is 2.01. The van der Waals surface area contributed by atoms with E-state index in [-0.39, 0.29) is 5.92 Å². The molecule has 0 radical (unpaired) electrons. The standard InChI is InChI=1S/C9H12N4O/c1-7(3-10)4-12-8-5-11-6-9(13-8)14-2/h5-7H,4H2,1-2H3,(H,12,13). The highest BCUT2D eigenvalue weighted by Crippen LogP contribution is 2.08. The summed E-state index contributed by atoms with van der Waals surface area (Å²) in [6.45, 7) is 2.39. The molecule has 0 saturated carbocycles. The van der Waals surface area contributed by atoms with Gasteiger partial charge in [0.25, 0.3) is 0 Å². The van der Waals surface area contributed by atoms with Crippen molar-refractivity contribution in [1.29, 1.82) is 5.26 Å². The minimum atomic E-state index is -0.0528. The van der Waals surface area contributed by atoms with E-state index in [9.17, 15) is 0 Å². The molecule has 0 aliphatic carbocycles. The summed E-state index contributed by atoms with van der Waals surface area (Å²) in [6.07, 6.45) is 3.12. The first-order valence-corrected chi connectivity index (χ1v) is 4.25. The average molecular weight is 192 g/mol. The lowest BCUT2D eigenvalue weighted by Gasteiger charge is -2.06. The van der Waals surface area contributed by atoms with Crippen LogP contribution in [-0.2, 0) is 0 Å². The zero-order chi connectivity index (χ0) is 10.4. The van der Waals surface area contributed by atoms with Gasteiger partial charge in [0.05, 0.1) is 31.5 Å². The van der Waals surface area contributed by atoms with Gasteiger partial charge in [-0.15, -0.1) is 0 Å². The molecule has 0 amide bonds. The van der Waals surface area contributed by atoms with Gasteiger partial charge in [0.1, 0.15) is 5.82 Å². The number of hydrogen-bond acceptors (Lipinski definition) is 5. The number of methoxy groups -OCH3 is 1. The summed E-state index contributed by atoms with van der Waals surface area (Å²) in [4.78, 5) is 8.02. The van der Waals surface area contributed by atoms with Crippen LogP contribution in [0.4, 0.5) is 5.82 Å². The molecule has 5 nitrogen and oxygen atoms in total. The molecule has 0 aliphatic rings. The van der Waals surface area contributed by atoms with Gasteiger partial charge in [0.15, 0.2) is 0 Å². The molecule has 1 heterocycles. The fourth-order valence-electron chi connectivity index (χ4n) is 0.835. The molecule has 1 unspecified atom stereocenters. The SMILES string of the molecule is COc1cncc(NCC(C)C#N)n1. The van der Waals surface area contributed by atoms with E-state index >= 15 is 0 Å². The summed E-state index contributed by atoms with van der Waals surface area (Å²) < 4.78 is 4.91. The van der Waals surface area contributed by atoms with E-state index in [4.69, 9.17) is 10.00 Å². The quantitative estimate of drug-likeness (QED) is 0.772. The molecule has 0 saturated heterocycles. The van der Waals surface area contributed by atoms with Gasteiger partial charge in [0.2, 0.25) is 5.88 Å². The maximum atomic E-state index is 8.56. The Kier molecular flexibility index (Phi) is 3.68. The summed E-state index contributed by atoms with van der Waals surface area (Å²) >= 11 is 0. The maximum Gasteiger partial charge on any atom is 0.233 e. The van der Waals surface area contributed by atoms with Crippen molar-refractivity contribution >= 4 is 5.82 Å². The van der Waals surface area contributed by atoms with Crippen molar-refractivity contribution in [3.05, 3.63) is 12.4 Å². The van der Waals surface area contributed by atoms with Gasteiger partial charge in [-0.3, -0.25) is 4.98 Å². The number of aromatic nitrogens is 2. The van der Waals surface area contributed by atoms with Crippen molar-refractivity contribution in [2.75, 3.05) is 19.0 Å². The van der Waals surface area contributed by atoms with Crippen LogP contribution in [0, 0.1) is 17.2 Å². The van der Waals surface area contributed by atoms with Crippen molar-refractivity contribution in [3.63, 3.8) is 0 Å². The summed E-state index contributed by atoms with van der Waals surface area (Å²) in [7, 11) is 1.53. The van der Waals surface area contributed by atoms with Crippen LogP contribution in [0.3, 0.4) is 0 Å². The Labute approximate surface area is 82.8 Å². The third-order valence-corrected chi connectivity index (χ3v) is 1.63. The fourth-order valence-corrected chi connectivity index (χ4v) is 0.835. The normalized spacial score (nSPS) is 11.5. The van der Waals surface area contributed by atoms with Gasteiger partial charge in [-0.25, -0.2) is 0 Å². The van der Waals surface area contributed by atoms with Gasteiger partial charge < -0.3 is 10.1 Å². The Hall–Kier alpha value is -1.83. The largest absolute Gasteiger partial charge is 0.480 e. The minimum Gasteiger partial charge on any atom is -0.480 e. The van der Waals surface area contributed by atoms with Crippen LogP contribution in [-0.4, -0.2) is 23.6 Å². The van der Waals surface area contributed by atoms with Crippen molar-refractivity contribution in [2.24, 2.45) is 5.92 Å². The molecule has 74 valence electrons. The first kappa shape index (κ1) is 10.3. The third kappa shape index (κ3) is 2.90. The Morgan fingerprint density at radius 3 is 3.07 bits per heavy atom. The molecule has 0 aliphatic heterocycles. The van der Waals surface area contributed by atoms with Crippen molar-refractivity contribution < 1.29 is 4.74 Å². The summed E-state index contributed by atoms with van der Waals surface area (Å²) in [5.41, 5.74) is 0. The molecule has 1 atom stereocenters. The topological polar surface area (TPSA) is 70.8 Å². The second-order valence-corrected chi connectivity index (χ2v) is 2.86. The van der Waals surface area contributed by atoms with Crippen LogP contribution in [0.25, 0.3) is 0 Å². The second-order valence-electron chi connectivity index (χ2n) is 2.86. The Bertz CT molecular complexity index is 334. The highest BCUT2D eigenvalue weighted by atomic mass is 16.5. The number of nitrogens with zero attached hydrogens (tertiary/aromatic N) is 3. The lowest BCUT2D eigenvalue weighted by molar-refractivity contribution is 0.396. The Morgan fingerprint density at radius 1 is 1.64 bits per heavy atom. The van der Waals surface area contributed by atoms with Crippen LogP contribution in [0.15, 0.2) is 12.4 Å². The minimum absolute atomic E-state index is 0.0528. The van der Waals surface area contributed by atoms with Crippen LogP contribution >= 0.6 is 0 Å². The summed E-state index contributed by atoms with van der Waals surface area (Å²) in [5, 5.41) is 11.6. The Balaban J connectivity index is 2.55. The van der Waals surface area contributed by atoms with Gasteiger partial charge in [-0.2, -0.15) is 10.2 Å². The number of hydrogen-bond donors (Lipinski definition) is 1.